The molecule has 0 spiro atoms. The van der Waals surface area contributed by atoms with Crippen LogP contribution in [0.3, 0.4) is 0 Å². The molecule has 3 rings (SSSR count). The van der Waals surface area contributed by atoms with Gasteiger partial charge in [-0.15, -0.1) is 0 Å². The van der Waals surface area contributed by atoms with Crippen molar-refractivity contribution < 1.29 is 9.59 Å². The van der Waals surface area contributed by atoms with Crippen molar-refractivity contribution >= 4 is 17.5 Å². The van der Waals surface area contributed by atoms with Crippen LogP contribution in [0.1, 0.15) is 23.2 Å². The van der Waals surface area contributed by atoms with Crippen molar-refractivity contribution in [3.8, 4) is 11.4 Å². The second-order valence-corrected chi connectivity index (χ2v) is 5.79. The molecule has 3 N–H and O–H groups in total. The van der Waals surface area contributed by atoms with Crippen molar-refractivity contribution in [1.82, 2.24) is 15.3 Å². The molecule has 0 fully saturated rings. The number of benzene rings is 2. The van der Waals surface area contributed by atoms with Crippen molar-refractivity contribution in [3.05, 3.63) is 72.6 Å². The van der Waals surface area contributed by atoms with Crippen LogP contribution in [0, 0.1) is 0 Å². The Morgan fingerprint density at radius 2 is 1.88 bits per heavy atom. The molecule has 3 aromatic rings. The number of amides is 2. The van der Waals surface area contributed by atoms with Gasteiger partial charge in [-0.05, 0) is 30.7 Å². The Bertz CT molecular complexity index is 861. The topological polar surface area (TPSA) is 86.9 Å². The maximum absolute atomic E-state index is 12.1. The zero-order chi connectivity index (χ0) is 18.2. The van der Waals surface area contributed by atoms with Crippen molar-refractivity contribution in [2.75, 3.05) is 11.9 Å². The van der Waals surface area contributed by atoms with E-state index < -0.39 is 0 Å². The summed E-state index contributed by atoms with van der Waals surface area (Å²) >= 11 is 0. The molecule has 0 bridgehead atoms. The summed E-state index contributed by atoms with van der Waals surface area (Å²) < 4.78 is 0. The quantitative estimate of drug-likeness (QED) is 0.573. The van der Waals surface area contributed by atoms with Crippen LogP contribution in [-0.4, -0.2) is 28.3 Å². The third kappa shape index (κ3) is 4.80. The second kappa shape index (κ2) is 8.62. The summed E-state index contributed by atoms with van der Waals surface area (Å²) in [5.74, 6) is 0.539. The van der Waals surface area contributed by atoms with Gasteiger partial charge in [0.15, 0.2) is 0 Å². The Kier molecular flexibility index (Phi) is 5.77. The molecule has 0 aliphatic carbocycles. The molecule has 0 saturated heterocycles. The Morgan fingerprint density at radius 1 is 1.04 bits per heavy atom. The second-order valence-electron chi connectivity index (χ2n) is 5.79. The number of carbonyl (C=O) groups is 2. The number of hydrogen-bond acceptors (Lipinski definition) is 3. The zero-order valence-electron chi connectivity index (χ0n) is 14.2. The molecule has 0 unspecified atom stereocenters. The van der Waals surface area contributed by atoms with Crippen LogP contribution in [-0.2, 0) is 4.79 Å². The number of H-pyrrole nitrogens is 1. The number of imidazole rings is 1. The molecule has 0 aliphatic rings. The summed E-state index contributed by atoms with van der Waals surface area (Å²) in [6, 6.07) is 16.5. The van der Waals surface area contributed by atoms with Crippen LogP contribution < -0.4 is 10.6 Å². The minimum Gasteiger partial charge on any atom is -0.352 e. The Hall–Kier alpha value is -3.41. The molecule has 6 heteroatoms. The number of aromatic nitrogens is 2. The largest absolute Gasteiger partial charge is 0.352 e. The number of carbonyl (C=O) groups excluding carboxylic acids is 2. The minimum absolute atomic E-state index is 0.0874. The maximum Gasteiger partial charge on any atom is 0.251 e. The normalized spacial score (nSPS) is 10.3. The maximum atomic E-state index is 12.1. The fraction of sp³-hybridized carbons (Fsp3) is 0.150. The van der Waals surface area contributed by atoms with Gasteiger partial charge in [0.05, 0.1) is 0 Å². The molecular formula is C20H20N4O2. The van der Waals surface area contributed by atoms with E-state index in [1.54, 1.807) is 24.5 Å². The molecule has 26 heavy (non-hydrogen) atoms. The summed E-state index contributed by atoms with van der Waals surface area (Å²) in [6.07, 6.45) is 4.34. The van der Waals surface area contributed by atoms with E-state index in [1.807, 2.05) is 42.5 Å². The fourth-order valence-electron chi connectivity index (χ4n) is 2.53. The van der Waals surface area contributed by atoms with Gasteiger partial charge in [-0.2, -0.15) is 0 Å². The molecule has 6 nitrogen and oxygen atoms in total. The monoisotopic (exact) mass is 348 g/mol. The lowest BCUT2D eigenvalue weighted by molar-refractivity contribution is -0.116. The van der Waals surface area contributed by atoms with Gasteiger partial charge in [0.2, 0.25) is 5.91 Å². The first kappa shape index (κ1) is 17.4. The van der Waals surface area contributed by atoms with Crippen LogP contribution in [0.2, 0.25) is 0 Å². The summed E-state index contributed by atoms with van der Waals surface area (Å²) in [6.45, 7) is 0.452. The van der Waals surface area contributed by atoms with Gasteiger partial charge in [-0.25, -0.2) is 4.98 Å². The summed E-state index contributed by atoms with van der Waals surface area (Å²) in [7, 11) is 0. The van der Waals surface area contributed by atoms with Crippen molar-refractivity contribution in [1.29, 1.82) is 0 Å². The van der Waals surface area contributed by atoms with Crippen LogP contribution >= 0.6 is 0 Å². The first-order valence-corrected chi connectivity index (χ1v) is 8.45. The highest BCUT2D eigenvalue weighted by molar-refractivity contribution is 5.94. The molecule has 1 aromatic heterocycles. The highest BCUT2D eigenvalue weighted by atomic mass is 16.2. The number of rotatable bonds is 7. The van der Waals surface area contributed by atoms with E-state index in [9.17, 15) is 9.59 Å². The van der Waals surface area contributed by atoms with Gasteiger partial charge in [-0.3, -0.25) is 9.59 Å². The third-order valence-electron chi connectivity index (χ3n) is 3.82. The summed E-state index contributed by atoms with van der Waals surface area (Å²) in [4.78, 5) is 31.2. The number of hydrogen-bond donors (Lipinski definition) is 3. The Morgan fingerprint density at radius 3 is 2.65 bits per heavy atom. The highest BCUT2D eigenvalue weighted by Crippen LogP contribution is 2.19. The van der Waals surface area contributed by atoms with Gasteiger partial charge in [-0.1, -0.05) is 30.3 Å². The number of anilines is 1. The van der Waals surface area contributed by atoms with Crippen LogP contribution in [0.15, 0.2) is 67.0 Å². The lowest BCUT2D eigenvalue weighted by Gasteiger charge is -2.08. The van der Waals surface area contributed by atoms with Gasteiger partial charge in [0, 0.05) is 42.2 Å². The average Bonchev–Trinajstić information content (AvgIpc) is 3.21. The van der Waals surface area contributed by atoms with Gasteiger partial charge >= 0.3 is 0 Å². The van der Waals surface area contributed by atoms with Crippen LogP contribution in [0.5, 0.6) is 0 Å². The molecule has 2 aromatic carbocycles. The molecule has 0 atom stereocenters. The first-order valence-electron chi connectivity index (χ1n) is 8.45. The fourth-order valence-corrected chi connectivity index (χ4v) is 2.53. The molecule has 1 heterocycles. The van der Waals surface area contributed by atoms with Crippen molar-refractivity contribution in [2.45, 2.75) is 12.8 Å². The van der Waals surface area contributed by atoms with E-state index in [0.29, 0.717) is 24.9 Å². The lowest BCUT2D eigenvalue weighted by atomic mass is 10.2. The highest BCUT2D eigenvalue weighted by Gasteiger charge is 2.07. The molecule has 0 saturated carbocycles. The van der Waals surface area contributed by atoms with Crippen LogP contribution in [0.25, 0.3) is 11.4 Å². The minimum atomic E-state index is -0.128. The number of nitrogens with zero attached hydrogens (tertiary/aromatic N) is 1. The van der Waals surface area contributed by atoms with Gasteiger partial charge < -0.3 is 15.6 Å². The predicted octanol–water partition coefficient (Wildman–Crippen LogP) is 3.23. The smallest absolute Gasteiger partial charge is 0.251 e. The van der Waals surface area contributed by atoms with Gasteiger partial charge in [0.25, 0.3) is 5.91 Å². The SMILES string of the molecule is O=C(CCCNC(=O)c1ccccc1)Nc1cccc(-c2ncc[nH]2)c1. The van der Waals surface area contributed by atoms with Crippen LogP contribution in [0.4, 0.5) is 5.69 Å². The zero-order valence-corrected chi connectivity index (χ0v) is 14.2. The molecule has 0 radical (unpaired) electrons. The first-order chi connectivity index (χ1) is 12.7. The Labute approximate surface area is 151 Å². The average molecular weight is 348 g/mol. The van der Waals surface area contributed by atoms with Crippen molar-refractivity contribution in [2.24, 2.45) is 0 Å². The van der Waals surface area contributed by atoms with Gasteiger partial charge in [0.1, 0.15) is 5.82 Å². The Balaban J connectivity index is 1.43. The standard InChI is InChI=1S/C20H20N4O2/c25-18(10-5-11-23-20(26)15-6-2-1-3-7-15)24-17-9-4-8-16(14-17)19-21-12-13-22-19/h1-4,6-9,12-14H,5,10-11H2,(H,21,22)(H,23,26)(H,24,25). The van der Waals surface area contributed by atoms with E-state index in [0.717, 1.165) is 17.1 Å². The predicted molar refractivity (Wildman–Crippen MR) is 101 cm³/mol. The lowest BCUT2D eigenvalue weighted by Crippen LogP contribution is -2.25. The third-order valence-corrected chi connectivity index (χ3v) is 3.82. The van der Waals surface area contributed by atoms with E-state index in [2.05, 4.69) is 20.6 Å². The molecular weight excluding hydrogens is 328 g/mol. The molecule has 2 amide bonds. The molecule has 132 valence electrons. The molecule has 0 aliphatic heterocycles. The van der Waals surface area contributed by atoms with E-state index in [4.69, 9.17) is 0 Å². The van der Waals surface area contributed by atoms with E-state index in [1.165, 1.54) is 0 Å². The number of aromatic amines is 1. The number of nitrogens with one attached hydrogen (secondary N) is 3. The van der Waals surface area contributed by atoms with E-state index in [-0.39, 0.29) is 11.8 Å². The summed E-state index contributed by atoms with van der Waals surface area (Å²) in [5.41, 5.74) is 2.24. The van der Waals surface area contributed by atoms with Crippen molar-refractivity contribution in [3.63, 3.8) is 0 Å². The summed E-state index contributed by atoms with van der Waals surface area (Å²) in [5, 5.41) is 5.69. The van der Waals surface area contributed by atoms with E-state index >= 15 is 0 Å².